The van der Waals surface area contributed by atoms with Crippen LogP contribution in [-0.4, -0.2) is 10.9 Å². The van der Waals surface area contributed by atoms with E-state index in [1.807, 2.05) is 0 Å². The Kier molecular flexibility index (Phi) is 3.05. The molecule has 1 N–H and O–H groups in total. The van der Waals surface area contributed by atoms with Gasteiger partial charge in [0.25, 0.3) is 0 Å². The maximum absolute atomic E-state index is 10.6. The highest BCUT2D eigenvalue weighted by Gasteiger charge is 2.02. The van der Waals surface area contributed by atoms with E-state index >= 15 is 0 Å². The van der Waals surface area contributed by atoms with Crippen molar-refractivity contribution in [3.8, 4) is 0 Å². The molecule has 1 heterocycles. The number of nitrogens with one attached hydrogen (secondary N) is 1. The fourth-order valence-corrected chi connectivity index (χ4v) is 1.41. The molecule has 0 saturated heterocycles. The number of nitrogens with zero attached hydrogens (tertiary/aromatic N) is 1. The van der Waals surface area contributed by atoms with E-state index < -0.39 is 0 Å². The zero-order valence-corrected chi connectivity index (χ0v) is 8.61. The highest BCUT2D eigenvalue weighted by atomic mass is 79.9. The first kappa shape index (κ1) is 9.48. The Bertz CT molecular complexity index is 316. The van der Waals surface area contributed by atoms with Gasteiger partial charge in [-0.15, -0.1) is 0 Å². The molecule has 0 aromatic carbocycles. The van der Waals surface area contributed by atoms with Crippen LogP contribution in [0.5, 0.6) is 0 Å². The van der Waals surface area contributed by atoms with Gasteiger partial charge in [0, 0.05) is 13.1 Å². The molecule has 3 nitrogen and oxygen atoms in total. The standard InChI is InChI=1S/C7H6BrClN2O/c1-4(12)11-7-6(8)2-5(9)3-10-7/h2-3H,1H3,(H,10,11,12). The second kappa shape index (κ2) is 3.87. The highest BCUT2D eigenvalue weighted by Crippen LogP contribution is 2.22. The Labute approximate surface area is 83.3 Å². The van der Waals surface area contributed by atoms with Gasteiger partial charge in [0.15, 0.2) is 0 Å². The maximum Gasteiger partial charge on any atom is 0.222 e. The van der Waals surface area contributed by atoms with Crippen LogP contribution in [0.25, 0.3) is 0 Å². The van der Waals surface area contributed by atoms with Gasteiger partial charge in [0.05, 0.1) is 9.50 Å². The van der Waals surface area contributed by atoms with E-state index in [9.17, 15) is 4.79 Å². The third-order valence-electron chi connectivity index (χ3n) is 1.10. The van der Waals surface area contributed by atoms with E-state index in [2.05, 4.69) is 26.2 Å². The van der Waals surface area contributed by atoms with Crippen LogP contribution in [0.3, 0.4) is 0 Å². The smallest absolute Gasteiger partial charge is 0.222 e. The van der Waals surface area contributed by atoms with Crippen LogP contribution in [0.15, 0.2) is 16.7 Å². The van der Waals surface area contributed by atoms with Gasteiger partial charge in [-0.2, -0.15) is 0 Å². The van der Waals surface area contributed by atoms with Gasteiger partial charge >= 0.3 is 0 Å². The summed E-state index contributed by atoms with van der Waals surface area (Å²) in [6, 6.07) is 1.67. The summed E-state index contributed by atoms with van der Waals surface area (Å²) < 4.78 is 0.671. The molecule has 5 heteroatoms. The minimum Gasteiger partial charge on any atom is -0.310 e. The lowest BCUT2D eigenvalue weighted by atomic mass is 10.4. The molecule has 1 rings (SSSR count). The Morgan fingerprint density at radius 1 is 1.75 bits per heavy atom. The highest BCUT2D eigenvalue weighted by molar-refractivity contribution is 9.10. The van der Waals surface area contributed by atoms with E-state index in [1.165, 1.54) is 13.1 Å². The number of pyridine rings is 1. The van der Waals surface area contributed by atoms with E-state index in [-0.39, 0.29) is 5.91 Å². The Morgan fingerprint density at radius 2 is 2.42 bits per heavy atom. The zero-order valence-electron chi connectivity index (χ0n) is 6.27. The largest absolute Gasteiger partial charge is 0.310 e. The number of rotatable bonds is 1. The quantitative estimate of drug-likeness (QED) is 0.831. The van der Waals surface area contributed by atoms with Gasteiger partial charge in [-0.3, -0.25) is 4.79 Å². The molecular weight excluding hydrogens is 243 g/mol. The van der Waals surface area contributed by atoms with Crippen molar-refractivity contribution in [2.75, 3.05) is 5.32 Å². The van der Waals surface area contributed by atoms with Crippen molar-refractivity contribution < 1.29 is 4.79 Å². The number of halogens is 2. The van der Waals surface area contributed by atoms with Crippen molar-refractivity contribution in [3.05, 3.63) is 21.8 Å². The van der Waals surface area contributed by atoms with E-state index in [0.29, 0.717) is 15.3 Å². The second-order valence-corrected chi connectivity index (χ2v) is 3.46. The van der Waals surface area contributed by atoms with Gasteiger partial charge < -0.3 is 5.32 Å². The van der Waals surface area contributed by atoms with E-state index in [0.717, 1.165) is 0 Å². The molecule has 1 aromatic heterocycles. The van der Waals surface area contributed by atoms with Crippen LogP contribution < -0.4 is 5.32 Å². The van der Waals surface area contributed by atoms with Gasteiger partial charge in [-0.1, -0.05) is 11.6 Å². The monoisotopic (exact) mass is 248 g/mol. The second-order valence-electron chi connectivity index (χ2n) is 2.17. The molecule has 0 aliphatic carbocycles. The number of hydrogen-bond acceptors (Lipinski definition) is 2. The van der Waals surface area contributed by atoms with E-state index in [1.54, 1.807) is 6.07 Å². The third kappa shape index (κ3) is 2.46. The fourth-order valence-electron chi connectivity index (χ4n) is 0.673. The number of aromatic nitrogens is 1. The molecule has 0 bridgehead atoms. The van der Waals surface area contributed by atoms with Gasteiger partial charge in [0.2, 0.25) is 5.91 Å². The molecular formula is C7H6BrClN2O. The van der Waals surface area contributed by atoms with Crippen molar-refractivity contribution >= 4 is 39.3 Å². The summed E-state index contributed by atoms with van der Waals surface area (Å²) in [6.07, 6.45) is 1.47. The van der Waals surface area contributed by atoms with E-state index in [4.69, 9.17) is 11.6 Å². The molecule has 0 aliphatic heterocycles. The van der Waals surface area contributed by atoms with Crippen LogP contribution in [0.1, 0.15) is 6.92 Å². The summed E-state index contributed by atoms with van der Waals surface area (Å²) in [7, 11) is 0. The normalized spacial score (nSPS) is 9.58. The van der Waals surface area contributed by atoms with Crippen LogP contribution >= 0.6 is 27.5 Å². The predicted octanol–water partition coefficient (Wildman–Crippen LogP) is 2.46. The molecule has 1 amide bonds. The lowest BCUT2D eigenvalue weighted by molar-refractivity contribution is -0.114. The number of amides is 1. The van der Waals surface area contributed by atoms with Crippen LogP contribution in [0, 0.1) is 0 Å². The van der Waals surface area contributed by atoms with Crippen LogP contribution in [0.4, 0.5) is 5.82 Å². The van der Waals surface area contributed by atoms with Crippen molar-refractivity contribution in [2.24, 2.45) is 0 Å². The fraction of sp³-hybridized carbons (Fsp3) is 0.143. The molecule has 0 fully saturated rings. The van der Waals surface area contributed by atoms with Crippen molar-refractivity contribution in [1.82, 2.24) is 4.98 Å². The number of anilines is 1. The summed E-state index contributed by atoms with van der Waals surface area (Å²) in [5.41, 5.74) is 0. The molecule has 64 valence electrons. The first-order valence-electron chi connectivity index (χ1n) is 3.18. The van der Waals surface area contributed by atoms with Gasteiger partial charge in [0.1, 0.15) is 5.82 Å². The maximum atomic E-state index is 10.6. The zero-order chi connectivity index (χ0) is 9.14. The number of hydrogen-bond donors (Lipinski definition) is 1. The Balaban J connectivity index is 2.93. The average molecular weight is 249 g/mol. The molecule has 12 heavy (non-hydrogen) atoms. The van der Waals surface area contributed by atoms with Crippen molar-refractivity contribution in [1.29, 1.82) is 0 Å². The first-order chi connectivity index (χ1) is 5.59. The predicted molar refractivity (Wildman–Crippen MR) is 51.3 cm³/mol. The number of carbonyl (C=O) groups is 1. The summed E-state index contributed by atoms with van der Waals surface area (Å²) >= 11 is 8.86. The molecule has 0 spiro atoms. The van der Waals surface area contributed by atoms with Crippen LogP contribution in [-0.2, 0) is 4.79 Å². The molecule has 0 unspecified atom stereocenters. The molecule has 1 aromatic rings. The lowest BCUT2D eigenvalue weighted by Crippen LogP contribution is -2.07. The number of carbonyl (C=O) groups excluding carboxylic acids is 1. The van der Waals surface area contributed by atoms with Crippen LogP contribution in [0.2, 0.25) is 5.02 Å². The molecule has 0 aliphatic rings. The Hall–Kier alpha value is -0.610. The molecule has 0 atom stereocenters. The van der Waals surface area contributed by atoms with Gasteiger partial charge in [-0.05, 0) is 22.0 Å². The van der Waals surface area contributed by atoms with Gasteiger partial charge in [-0.25, -0.2) is 4.98 Å². The summed E-state index contributed by atoms with van der Waals surface area (Å²) in [5, 5.41) is 3.07. The van der Waals surface area contributed by atoms with Crippen molar-refractivity contribution in [2.45, 2.75) is 6.92 Å². The third-order valence-corrected chi connectivity index (χ3v) is 1.91. The first-order valence-corrected chi connectivity index (χ1v) is 4.35. The summed E-state index contributed by atoms with van der Waals surface area (Å²) in [6.45, 7) is 1.42. The minimum absolute atomic E-state index is 0.162. The lowest BCUT2D eigenvalue weighted by Gasteiger charge is -2.02. The average Bonchev–Trinajstić information content (AvgIpc) is 1.94. The molecule has 0 radical (unpaired) electrons. The molecule has 0 saturated carbocycles. The summed E-state index contributed by atoms with van der Waals surface area (Å²) in [5.74, 6) is 0.317. The SMILES string of the molecule is CC(=O)Nc1ncc(Cl)cc1Br. The summed E-state index contributed by atoms with van der Waals surface area (Å²) in [4.78, 5) is 14.6. The van der Waals surface area contributed by atoms with Crippen molar-refractivity contribution in [3.63, 3.8) is 0 Å². The topological polar surface area (TPSA) is 42.0 Å². The Morgan fingerprint density at radius 3 is 2.92 bits per heavy atom. The minimum atomic E-state index is -0.162.